The van der Waals surface area contributed by atoms with Crippen LogP contribution in [0.15, 0.2) is 52.2 Å². The molecule has 0 bridgehead atoms. The van der Waals surface area contributed by atoms with E-state index in [-0.39, 0.29) is 5.91 Å². The minimum atomic E-state index is -1.12. The van der Waals surface area contributed by atoms with Gasteiger partial charge in [0.1, 0.15) is 6.54 Å². The molecule has 0 radical (unpaired) electrons. The fourth-order valence-electron chi connectivity index (χ4n) is 2.71. The lowest BCUT2D eigenvalue weighted by atomic mass is 10.1. The number of nitrogens with one attached hydrogen (secondary N) is 1. The Labute approximate surface area is 154 Å². The van der Waals surface area contributed by atoms with E-state index < -0.39 is 29.9 Å². The lowest BCUT2D eigenvalue weighted by Gasteiger charge is -2.30. The number of aromatic amines is 1. The van der Waals surface area contributed by atoms with Gasteiger partial charge < -0.3 is 14.4 Å². The highest BCUT2D eigenvalue weighted by Crippen LogP contribution is 2.21. The minimum Gasteiger partial charge on any atom is -0.446 e. The fourth-order valence-corrected chi connectivity index (χ4v) is 2.71. The van der Waals surface area contributed by atoms with Crippen LogP contribution in [0.3, 0.4) is 0 Å². The van der Waals surface area contributed by atoms with Crippen LogP contribution < -0.4 is 11.2 Å². The molecule has 2 aromatic rings. The number of rotatable bonds is 5. The van der Waals surface area contributed by atoms with Crippen LogP contribution in [0.1, 0.15) is 11.7 Å². The lowest BCUT2D eigenvalue weighted by molar-refractivity contribution is -0.163. The number of hydrogen-bond acceptors (Lipinski definition) is 6. The van der Waals surface area contributed by atoms with E-state index in [0.717, 1.165) is 10.6 Å². The van der Waals surface area contributed by atoms with Crippen molar-refractivity contribution in [3.8, 4) is 0 Å². The number of esters is 1. The van der Waals surface area contributed by atoms with Crippen molar-refractivity contribution >= 4 is 11.9 Å². The molecule has 1 aromatic heterocycles. The molecule has 0 unspecified atom stereocenters. The Morgan fingerprint density at radius 2 is 1.81 bits per heavy atom. The summed E-state index contributed by atoms with van der Waals surface area (Å²) in [5, 5.41) is 0. The highest BCUT2D eigenvalue weighted by Gasteiger charge is 2.30. The first kappa shape index (κ1) is 18.6. The second kappa shape index (κ2) is 8.45. The maximum atomic E-state index is 12.9. The molecule has 1 saturated heterocycles. The second-order valence-electron chi connectivity index (χ2n) is 5.96. The molecule has 9 heteroatoms. The van der Waals surface area contributed by atoms with E-state index in [0.29, 0.717) is 31.9 Å². The number of benzene rings is 1. The van der Waals surface area contributed by atoms with E-state index in [4.69, 9.17) is 9.47 Å². The van der Waals surface area contributed by atoms with Crippen LogP contribution in [-0.4, -0.2) is 52.6 Å². The van der Waals surface area contributed by atoms with E-state index >= 15 is 0 Å². The standard InChI is InChI=1S/C18H19N3O6/c22-14-6-7-21(18(25)19-14)12-15(23)27-16(13-4-2-1-3-5-13)17(24)20-8-10-26-11-9-20/h1-7,16H,8-12H2,(H,19,22,25)/t16-/m1/s1. The third kappa shape index (κ3) is 4.70. The van der Waals surface area contributed by atoms with Crippen molar-refractivity contribution in [3.05, 3.63) is 69.0 Å². The van der Waals surface area contributed by atoms with Gasteiger partial charge in [-0.3, -0.25) is 23.9 Å². The number of nitrogens with zero attached hydrogens (tertiary/aromatic N) is 2. The third-order valence-corrected chi connectivity index (χ3v) is 4.09. The Bertz CT molecular complexity index is 914. The van der Waals surface area contributed by atoms with Gasteiger partial charge in [0.05, 0.1) is 13.2 Å². The third-order valence-electron chi connectivity index (χ3n) is 4.09. The molecule has 3 rings (SSSR count). The van der Waals surface area contributed by atoms with Gasteiger partial charge in [0.25, 0.3) is 11.5 Å². The van der Waals surface area contributed by atoms with Crippen molar-refractivity contribution in [2.75, 3.05) is 26.3 Å². The number of ether oxygens (including phenoxy) is 2. The summed E-state index contributed by atoms with van der Waals surface area (Å²) < 4.78 is 11.7. The zero-order chi connectivity index (χ0) is 19.2. The number of hydrogen-bond donors (Lipinski definition) is 1. The number of morpholine rings is 1. The fraction of sp³-hybridized carbons (Fsp3) is 0.333. The summed E-state index contributed by atoms with van der Waals surface area (Å²) in [6.07, 6.45) is 0.0827. The van der Waals surface area contributed by atoms with Gasteiger partial charge in [-0.25, -0.2) is 4.79 Å². The molecule has 1 aliphatic rings. The van der Waals surface area contributed by atoms with E-state index in [1.165, 1.54) is 6.20 Å². The van der Waals surface area contributed by atoms with Crippen molar-refractivity contribution in [1.82, 2.24) is 14.5 Å². The minimum absolute atomic E-state index is 0.341. The lowest BCUT2D eigenvalue weighted by Crippen LogP contribution is -2.44. The summed E-state index contributed by atoms with van der Waals surface area (Å²) in [4.78, 5) is 51.7. The molecule has 1 fully saturated rings. The van der Waals surface area contributed by atoms with E-state index in [2.05, 4.69) is 4.98 Å². The molecule has 142 valence electrons. The molecular weight excluding hydrogens is 354 g/mol. The Hall–Kier alpha value is -3.20. The van der Waals surface area contributed by atoms with Crippen LogP contribution in [0.5, 0.6) is 0 Å². The van der Waals surface area contributed by atoms with Crippen molar-refractivity contribution in [3.63, 3.8) is 0 Å². The largest absolute Gasteiger partial charge is 0.446 e. The van der Waals surface area contributed by atoms with Crippen LogP contribution in [-0.2, 0) is 25.6 Å². The van der Waals surface area contributed by atoms with Crippen LogP contribution in [0.2, 0.25) is 0 Å². The van der Waals surface area contributed by atoms with E-state index in [1.54, 1.807) is 35.2 Å². The molecule has 1 amide bonds. The van der Waals surface area contributed by atoms with Crippen LogP contribution in [0.4, 0.5) is 0 Å². The average Bonchev–Trinajstić information content (AvgIpc) is 2.69. The van der Waals surface area contributed by atoms with E-state index in [1.807, 2.05) is 0 Å². The van der Waals surface area contributed by atoms with E-state index in [9.17, 15) is 19.2 Å². The normalized spacial score (nSPS) is 15.2. The Morgan fingerprint density at radius 3 is 2.48 bits per heavy atom. The SMILES string of the molecule is O=C(Cn1ccc(=O)[nH]c1=O)O[C@@H](C(=O)N1CCOCC1)c1ccccc1. The van der Waals surface area contributed by atoms with Crippen LogP contribution >= 0.6 is 0 Å². The van der Waals surface area contributed by atoms with Crippen LogP contribution in [0.25, 0.3) is 0 Å². The molecule has 0 aliphatic carbocycles. The van der Waals surface area contributed by atoms with Gasteiger partial charge >= 0.3 is 11.7 Å². The number of amides is 1. The smallest absolute Gasteiger partial charge is 0.328 e. The summed E-state index contributed by atoms with van der Waals surface area (Å²) >= 11 is 0. The highest BCUT2D eigenvalue weighted by molar-refractivity contribution is 5.85. The molecular formula is C18H19N3O6. The van der Waals surface area contributed by atoms with Gasteiger partial charge in [0, 0.05) is 30.9 Å². The predicted molar refractivity (Wildman–Crippen MR) is 94.0 cm³/mol. The zero-order valence-corrected chi connectivity index (χ0v) is 14.5. The molecule has 9 nitrogen and oxygen atoms in total. The van der Waals surface area contributed by atoms with Gasteiger partial charge in [-0.1, -0.05) is 30.3 Å². The van der Waals surface area contributed by atoms with Gasteiger partial charge in [-0.05, 0) is 0 Å². The zero-order valence-electron chi connectivity index (χ0n) is 14.5. The van der Waals surface area contributed by atoms with Crippen molar-refractivity contribution in [1.29, 1.82) is 0 Å². The van der Waals surface area contributed by atoms with Crippen molar-refractivity contribution in [2.24, 2.45) is 0 Å². The van der Waals surface area contributed by atoms with Gasteiger partial charge in [-0.2, -0.15) is 0 Å². The van der Waals surface area contributed by atoms with Crippen LogP contribution in [0, 0.1) is 0 Å². The molecule has 1 aliphatic heterocycles. The molecule has 27 heavy (non-hydrogen) atoms. The van der Waals surface area contributed by atoms with Gasteiger partial charge in [0.2, 0.25) is 6.10 Å². The Morgan fingerprint density at radius 1 is 1.11 bits per heavy atom. The molecule has 2 heterocycles. The first-order chi connectivity index (χ1) is 13.0. The summed E-state index contributed by atoms with van der Waals surface area (Å²) in [6, 6.07) is 9.80. The first-order valence-corrected chi connectivity index (χ1v) is 8.45. The van der Waals surface area contributed by atoms with Gasteiger partial charge in [0.15, 0.2) is 0 Å². The molecule has 1 atom stereocenters. The maximum absolute atomic E-state index is 12.9. The topological polar surface area (TPSA) is 111 Å². The predicted octanol–water partition coefficient (Wildman–Crippen LogP) is -0.320. The molecule has 0 saturated carbocycles. The number of aromatic nitrogens is 2. The summed E-state index contributed by atoms with van der Waals surface area (Å²) in [5.74, 6) is -1.11. The first-order valence-electron chi connectivity index (χ1n) is 8.45. The summed E-state index contributed by atoms with van der Waals surface area (Å²) in [5.41, 5.74) is -0.749. The summed E-state index contributed by atoms with van der Waals surface area (Å²) in [6.45, 7) is 1.26. The Kier molecular flexibility index (Phi) is 5.82. The number of carbonyl (C=O) groups is 2. The number of carbonyl (C=O) groups excluding carboxylic acids is 2. The molecule has 1 aromatic carbocycles. The monoisotopic (exact) mass is 373 g/mol. The molecule has 1 N–H and O–H groups in total. The molecule has 0 spiro atoms. The quantitative estimate of drug-likeness (QED) is 0.719. The number of H-pyrrole nitrogens is 1. The second-order valence-corrected chi connectivity index (χ2v) is 5.96. The van der Waals surface area contributed by atoms with Gasteiger partial charge in [-0.15, -0.1) is 0 Å². The maximum Gasteiger partial charge on any atom is 0.328 e. The van der Waals surface area contributed by atoms with Crippen molar-refractivity contribution in [2.45, 2.75) is 12.6 Å². The summed E-state index contributed by atoms with van der Waals surface area (Å²) in [7, 11) is 0. The highest BCUT2D eigenvalue weighted by atomic mass is 16.5. The van der Waals surface area contributed by atoms with Crippen molar-refractivity contribution < 1.29 is 19.1 Å². The Balaban J connectivity index is 1.78. The average molecular weight is 373 g/mol.